The van der Waals surface area contributed by atoms with E-state index < -0.39 is 18.1 Å². The van der Waals surface area contributed by atoms with Crippen LogP contribution in [0.5, 0.6) is 0 Å². The fourth-order valence-corrected chi connectivity index (χ4v) is 2.66. The lowest BCUT2D eigenvalue weighted by Gasteiger charge is -2.29. The Hall–Kier alpha value is -2.35. The molecule has 2 aliphatic heterocycles. The van der Waals surface area contributed by atoms with Gasteiger partial charge >= 0.3 is 6.09 Å². The van der Waals surface area contributed by atoms with E-state index >= 15 is 0 Å². The van der Waals surface area contributed by atoms with Gasteiger partial charge in [0.2, 0.25) is 6.41 Å². The molecule has 2 saturated heterocycles. The van der Waals surface area contributed by atoms with E-state index in [2.05, 4.69) is 0 Å². The number of carbonyl (C=O) groups excluding carboxylic acids is 2. The predicted octanol–water partition coefficient (Wildman–Crippen LogP) is 1.03. The van der Waals surface area contributed by atoms with Crippen LogP contribution in [0.15, 0.2) is 18.2 Å². The first-order chi connectivity index (χ1) is 11.1. The summed E-state index contributed by atoms with van der Waals surface area (Å²) >= 11 is 0. The van der Waals surface area contributed by atoms with Crippen LogP contribution in [0.2, 0.25) is 0 Å². The second-order valence-electron chi connectivity index (χ2n) is 5.46. The minimum absolute atomic E-state index is 0.171. The second kappa shape index (κ2) is 6.41. The first kappa shape index (κ1) is 15.5. The van der Waals surface area contributed by atoms with Gasteiger partial charge in [0, 0.05) is 20.1 Å². The molecule has 1 atom stereocenters. The largest absolute Gasteiger partial charge is 0.423 e. The molecule has 2 amide bonds. The lowest BCUT2D eigenvalue weighted by atomic mass is 10.2. The fourth-order valence-electron chi connectivity index (χ4n) is 2.66. The first-order valence-electron chi connectivity index (χ1n) is 7.38. The monoisotopic (exact) mass is 323 g/mol. The molecule has 3 rings (SSSR count). The fraction of sp³-hybridized carbons (Fsp3) is 0.467. The number of nitrogens with zero attached hydrogens (tertiary/aromatic N) is 3. The molecular formula is C15H18FN3O4. The number of amides is 2. The van der Waals surface area contributed by atoms with Crippen LogP contribution in [0.3, 0.4) is 0 Å². The molecule has 1 unspecified atom stereocenters. The average Bonchev–Trinajstić information content (AvgIpc) is 2.96. The number of halogens is 1. The number of hydrogen-bond acceptors (Lipinski definition) is 5. The van der Waals surface area contributed by atoms with Crippen LogP contribution < -0.4 is 9.80 Å². The lowest BCUT2D eigenvalue weighted by Crippen LogP contribution is -2.37. The molecule has 0 aromatic heterocycles. The number of rotatable bonds is 4. The van der Waals surface area contributed by atoms with E-state index in [-0.39, 0.29) is 6.54 Å². The zero-order valence-electron chi connectivity index (χ0n) is 12.8. The molecular weight excluding hydrogens is 305 g/mol. The van der Waals surface area contributed by atoms with E-state index in [0.717, 1.165) is 0 Å². The minimum Gasteiger partial charge on any atom is -0.423 e. The highest BCUT2D eigenvalue weighted by Gasteiger charge is 2.35. The summed E-state index contributed by atoms with van der Waals surface area (Å²) in [7, 11) is 1.52. The van der Waals surface area contributed by atoms with Gasteiger partial charge in [0.05, 0.1) is 31.1 Å². The van der Waals surface area contributed by atoms with E-state index in [1.807, 2.05) is 4.90 Å². The third kappa shape index (κ3) is 3.07. The summed E-state index contributed by atoms with van der Waals surface area (Å²) in [6.07, 6.45) is -0.673. The van der Waals surface area contributed by atoms with Crippen molar-refractivity contribution in [2.75, 3.05) is 49.7 Å². The minimum atomic E-state index is -0.665. The van der Waals surface area contributed by atoms with E-state index in [1.165, 1.54) is 22.9 Å². The number of likely N-dealkylation sites (N-methyl/N-ethyl adjacent to an activating group) is 1. The van der Waals surface area contributed by atoms with Crippen molar-refractivity contribution in [3.8, 4) is 0 Å². The molecule has 0 spiro atoms. The van der Waals surface area contributed by atoms with E-state index in [4.69, 9.17) is 9.47 Å². The Bertz CT molecular complexity index is 606. The first-order valence-corrected chi connectivity index (χ1v) is 7.38. The van der Waals surface area contributed by atoms with Gasteiger partial charge in [0.15, 0.2) is 6.23 Å². The van der Waals surface area contributed by atoms with Crippen LogP contribution in [0.4, 0.5) is 20.6 Å². The van der Waals surface area contributed by atoms with Gasteiger partial charge in [-0.15, -0.1) is 0 Å². The zero-order valence-corrected chi connectivity index (χ0v) is 12.8. The highest BCUT2D eigenvalue weighted by atomic mass is 19.1. The second-order valence-corrected chi connectivity index (χ2v) is 5.46. The number of cyclic esters (lactones) is 1. The van der Waals surface area contributed by atoms with Gasteiger partial charge < -0.3 is 19.3 Å². The number of benzene rings is 1. The van der Waals surface area contributed by atoms with E-state index in [9.17, 15) is 14.0 Å². The average molecular weight is 323 g/mol. The van der Waals surface area contributed by atoms with Crippen molar-refractivity contribution in [2.24, 2.45) is 0 Å². The summed E-state index contributed by atoms with van der Waals surface area (Å²) in [6, 6.07) is 4.65. The summed E-state index contributed by atoms with van der Waals surface area (Å²) in [5.41, 5.74) is 0.900. The molecule has 23 heavy (non-hydrogen) atoms. The van der Waals surface area contributed by atoms with Gasteiger partial charge in [-0.3, -0.25) is 9.69 Å². The molecule has 8 heteroatoms. The van der Waals surface area contributed by atoms with Crippen molar-refractivity contribution in [3.05, 3.63) is 24.0 Å². The lowest BCUT2D eigenvalue weighted by molar-refractivity contribution is -0.123. The Morgan fingerprint density at radius 3 is 2.74 bits per heavy atom. The third-order valence-corrected chi connectivity index (χ3v) is 4.01. The molecule has 0 N–H and O–H groups in total. The SMILES string of the molecule is CN(C=O)C1CN(c2ccc(N3CCOCC3)c(F)c2)C(=O)O1. The predicted molar refractivity (Wildman–Crippen MR) is 80.9 cm³/mol. The number of hydrogen-bond donors (Lipinski definition) is 0. The third-order valence-electron chi connectivity index (χ3n) is 4.01. The smallest absolute Gasteiger partial charge is 0.416 e. The van der Waals surface area contributed by atoms with Gasteiger partial charge in [-0.2, -0.15) is 0 Å². The molecule has 2 heterocycles. The van der Waals surface area contributed by atoms with Crippen molar-refractivity contribution >= 4 is 23.9 Å². The number of anilines is 2. The Kier molecular flexibility index (Phi) is 4.33. The van der Waals surface area contributed by atoms with Gasteiger partial charge in [0.25, 0.3) is 0 Å². The maximum Gasteiger partial charge on any atom is 0.416 e. The van der Waals surface area contributed by atoms with Crippen LogP contribution in [0, 0.1) is 5.82 Å². The molecule has 1 aromatic rings. The summed E-state index contributed by atoms with van der Waals surface area (Å²) in [5.74, 6) is -0.399. The number of morpholine rings is 1. The molecule has 0 aliphatic carbocycles. The maximum absolute atomic E-state index is 14.4. The number of ether oxygens (including phenoxy) is 2. The van der Waals surface area contributed by atoms with E-state index in [1.54, 1.807) is 12.1 Å². The highest BCUT2D eigenvalue weighted by molar-refractivity contribution is 5.90. The summed E-state index contributed by atoms with van der Waals surface area (Å²) in [5, 5.41) is 0. The van der Waals surface area contributed by atoms with Crippen molar-refractivity contribution in [1.29, 1.82) is 0 Å². The van der Waals surface area contributed by atoms with Crippen LogP contribution in [-0.2, 0) is 14.3 Å². The van der Waals surface area contributed by atoms with Crippen molar-refractivity contribution < 1.29 is 23.5 Å². The Morgan fingerprint density at radius 1 is 1.35 bits per heavy atom. The van der Waals surface area contributed by atoms with Gasteiger partial charge in [0.1, 0.15) is 5.82 Å². The van der Waals surface area contributed by atoms with Crippen LogP contribution in [0.1, 0.15) is 0 Å². The Balaban J connectivity index is 1.77. The topological polar surface area (TPSA) is 62.3 Å². The molecule has 1 aromatic carbocycles. The van der Waals surface area contributed by atoms with Crippen molar-refractivity contribution in [1.82, 2.24) is 4.90 Å². The summed E-state index contributed by atoms with van der Waals surface area (Å²) in [4.78, 5) is 27.2. The maximum atomic E-state index is 14.4. The zero-order chi connectivity index (χ0) is 16.4. The molecule has 2 fully saturated rings. The van der Waals surface area contributed by atoms with Crippen LogP contribution in [0.25, 0.3) is 0 Å². The quantitative estimate of drug-likeness (QED) is 0.775. The van der Waals surface area contributed by atoms with Crippen molar-refractivity contribution in [3.63, 3.8) is 0 Å². The highest BCUT2D eigenvalue weighted by Crippen LogP contribution is 2.28. The van der Waals surface area contributed by atoms with Gasteiger partial charge in [-0.25, -0.2) is 9.18 Å². The number of carbonyl (C=O) groups is 2. The Labute approximate surface area is 133 Å². The van der Waals surface area contributed by atoms with Gasteiger partial charge in [-0.1, -0.05) is 0 Å². The molecule has 2 aliphatic rings. The molecule has 0 saturated carbocycles. The molecule has 0 radical (unpaired) electrons. The molecule has 0 bridgehead atoms. The summed E-state index contributed by atoms with van der Waals surface area (Å²) in [6.45, 7) is 2.57. The van der Waals surface area contributed by atoms with Crippen LogP contribution in [-0.4, -0.2) is 63.5 Å². The molecule has 124 valence electrons. The Morgan fingerprint density at radius 2 is 2.09 bits per heavy atom. The molecule has 7 nitrogen and oxygen atoms in total. The standard InChI is InChI=1S/C15H18FN3O4/c1-17(10-20)14-9-19(15(21)23-14)11-2-3-13(12(16)8-11)18-4-6-22-7-5-18/h2-3,8,10,14H,4-7,9H2,1H3. The van der Waals surface area contributed by atoms with Gasteiger partial charge in [-0.05, 0) is 18.2 Å². The van der Waals surface area contributed by atoms with E-state index in [0.29, 0.717) is 44.1 Å². The van der Waals surface area contributed by atoms with Crippen LogP contribution >= 0.6 is 0 Å². The normalized spacial score (nSPS) is 21.3. The van der Waals surface area contributed by atoms with Crippen molar-refractivity contribution in [2.45, 2.75) is 6.23 Å². The summed E-state index contributed by atoms with van der Waals surface area (Å²) < 4.78 is 24.8.